The summed E-state index contributed by atoms with van der Waals surface area (Å²) in [5.74, 6) is 0. The number of nitrogen functional groups attached to an aromatic ring is 2. The molecule has 4 N–H and O–H groups in total. The van der Waals surface area contributed by atoms with Crippen LogP contribution in [0.3, 0.4) is 0 Å². The summed E-state index contributed by atoms with van der Waals surface area (Å²) >= 11 is 0. The Balaban J connectivity index is 2.81. The van der Waals surface area contributed by atoms with E-state index in [9.17, 15) is 5.21 Å². The number of anilines is 2. The van der Waals surface area contributed by atoms with Gasteiger partial charge in [-0.2, -0.15) is 4.73 Å². The highest BCUT2D eigenvalue weighted by molar-refractivity contribution is 5.89. The van der Waals surface area contributed by atoms with Crippen molar-refractivity contribution in [2.24, 2.45) is 0 Å². The van der Waals surface area contributed by atoms with E-state index in [1.165, 1.54) is 12.4 Å². The van der Waals surface area contributed by atoms with Gasteiger partial charge in [-0.15, -0.1) is 0 Å². The lowest BCUT2D eigenvalue weighted by atomic mass is 10.1. The Bertz CT molecular complexity index is 468. The van der Waals surface area contributed by atoms with Crippen LogP contribution in [-0.2, 0) is 0 Å². The Morgan fingerprint density at radius 1 is 1.08 bits per heavy atom. The van der Waals surface area contributed by atoms with Gasteiger partial charge in [-0.3, -0.25) is 0 Å². The maximum atomic E-state index is 10.9. The molecule has 4 heteroatoms. The van der Waals surface area contributed by atoms with Crippen LogP contribution in [0.4, 0.5) is 11.4 Å². The van der Waals surface area contributed by atoms with E-state index in [1.807, 2.05) is 0 Å². The highest BCUT2D eigenvalue weighted by atomic mass is 16.5. The van der Waals surface area contributed by atoms with Crippen molar-refractivity contribution in [3.05, 3.63) is 35.8 Å². The Labute approximate surface area is 75.0 Å². The minimum atomic E-state index is 0.499. The zero-order valence-corrected chi connectivity index (χ0v) is 6.90. The predicted octanol–water partition coefficient (Wildman–Crippen LogP) is 0.638. The van der Waals surface area contributed by atoms with Gasteiger partial charge in [0.2, 0.25) is 0 Å². The number of rotatable bonds is 0. The number of hydrogen-bond donors (Lipinski definition) is 2. The van der Waals surface area contributed by atoms with E-state index in [2.05, 4.69) is 0 Å². The molecule has 0 spiro atoms. The highest BCUT2D eigenvalue weighted by Crippen LogP contribution is 2.21. The lowest BCUT2D eigenvalue weighted by Gasteiger charge is -2.02. The first-order chi connectivity index (χ1) is 6.16. The first-order valence-corrected chi connectivity index (χ1v) is 3.84. The summed E-state index contributed by atoms with van der Waals surface area (Å²) < 4.78 is 0.734. The molecule has 0 saturated carbocycles. The maximum absolute atomic E-state index is 10.9. The molecule has 0 amide bonds. The number of pyridine rings is 1. The van der Waals surface area contributed by atoms with Crippen molar-refractivity contribution < 1.29 is 4.73 Å². The molecule has 0 aliphatic heterocycles. The lowest BCUT2D eigenvalue weighted by Crippen LogP contribution is -2.23. The van der Waals surface area contributed by atoms with Gasteiger partial charge in [0, 0.05) is 11.5 Å². The molecule has 2 aromatic rings. The topological polar surface area (TPSA) is 79.0 Å². The van der Waals surface area contributed by atoms with E-state index in [0.717, 1.165) is 15.5 Å². The van der Waals surface area contributed by atoms with Crippen molar-refractivity contribution in [3.63, 3.8) is 0 Å². The predicted molar refractivity (Wildman–Crippen MR) is 51.7 cm³/mol. The summed E-state index contributed by atoms with van der Waals surface area (Å²) in [7, 11) is 0. The molecule has 13 heavy (non-hydrogen) atoms. The van der Waals surface area contributed by atoms with Gasteiger partial charge in [-0.1, -0.05) is 0 Å². The third kappa shape index (κ3) is 1.22. The Hall–Kier alpha value is -1.97. The summed E-state index contributed by atoms with van der Waals surface area (Å²) in [6, 6.07) is 5.15. The standard InChI is InChI=1S/C9H9N3O/c10-8-3-6-1-2-12(13)5-7(6)4-9(8)11/h1-5H,10-11H2. The molecular weight excluding hydrogens is 166 g/mol. The molecule has 0 unspecified atom stereocenters. The molecule has 0 bridgehead atoms. The number of benzene rings is 1. The fourth-order valence-electron chi connectivity index (χ4n) is 1.26. The molecule has 66 valence electrons. The molecule has 0 fully saturated rings. The van der Waals surface area contributed by atoms with Crippen LogP contribution < -0.4 is 16.2 Å². The maximum Gasteiger partial charge on any atom is 0.188 e. The third-order valence-electron chi connectivity index (χ3n) is 1.96. The SMILES string of the molecule is Nc1cc2cc[n+]([O-])cc2cc1N. The van der Waals surface area contributed by atoms with Crippen molar-refractivity contribution >= 4 is 22.1 Å². The average molecular weight is 175 g/mol. The van der Waals surface area contributed by atoms with Crippen LogP contribution in [0.25, 0.3) is 10.8 Å². The minimum absolute atomic E-state index is 0.499. The smallest absolute Gasteiger partial charge is 0.188 e. The number of fused-ring (bicyclic) bond motifs is 1. The molecule has 0 aliphatic rings. The molecule has 1 heterocycles. The van der Waals surface area contributed by atoms with Gasteiger partial charge in [-0.05, 0) is 17.5 Å². The molecule has 0 saturated heterocycles. The Kier molecular flexibility index (Phi) is 1.48. The molecular formula is C9H9N3O. The second-order valence-electron chi connectivity index (χ2n) is 2.91. The van der Waals surface area contributed by atoms with Crippen LogP contribution in [0, 0.1) is 5.21 Å². The van der Waals surface area contributed by atoms with Gasteiger partial charge in [0.25, 0.3) is 0 Å². The van der Waals surface area contributed by atoms with Gasteiger partial charge < -0.3 is 16.7 Å². The van der Waals surface area contributed by atoms with E-state index in [1.54, 1.807) is 18.2 Å². The van der Waals surface area contributed by atoms with Crippen molar-refractivity contribution in [2.45, 2.75) is 0 Å². The van der Waals surface area contributed by atoms with Crippen LogP contribution in [0.5, 0.6) is 0 Å². The third-order valence-corrected chi connectivity index (χ3v) is 1.96. The van der Waals surface area contributed by atoms with E-state index in [0.29, 0.717) is 11.4 Å². The van der Waals surface area contributed by atoms with Crippen LogP contribution >= 0.6 is 0 Å². The molecule has 0 radical (unpaired) electrons. The van der Waals surface area contributed by atoms with Crippen molar-refractivity contribution in [1.82, 2.24) is 0 Å². The summed E-state index contributed by atoms with van der Waals surface area (Å²) in [4.78, 5) is 0. The van der Waals surface area contributed by atoms with E-state index < -0.39 is 0 Å². The summed E-state index contributed by atoms with van der Waals surface area (Å²) in [5, 5.41) is 12.6. The molecule has 1 aromatic carbocycles. The lowest BCUT2D eigenvalue weighted by molar-refractivity contribution is -0.603. The fraction of sp³-hybridized carbons (Fsp3) is 0. The van der Waals surface area contributed by atoms with Crippen molar-refractivity contribution in [3.8, 4) is 0 Å². The van der Waals surface area contributed by atoms with E-state index >= 15 is 0 Å². The quantitative estimate of drug-likeness (QED) is 0.350. The summed E-state index contributed by atoms with van der Waals surface area (Å²) in [6.45, 7) is 0. The van der Waals surface area contributed by atoms with Crippen molar-refractivity contribution in [2.75, 3.05) is 11.5 Å². The average Bonchev–Trinajstić information content (AvgIpc) is 2.08. The minimum Gasteiger partial charge on any atom is -0.619 e. The van der Waals surface area contributed by atoms with Gasteiger partial charge in [0.05, 0.1) is 11.4 Å². The monoisotopic (exact) mass is 175 g/mol. The second-order valence-corrected chi connectivity index (χ2v) is 2.91. The molecule has 0 atom stereocenters. The highest BCUT2D eigenvalue weighted by Gasteiger charge is 2.01. The normalized spacial score (nSPS) is 10.5. The van der Waals surface area contributed by atoms with Gasteiger partial charge in [0.1, 0.15) is 0 Å². The second kappa shape index (κ2) is 2.52. The largest absolute Gasteiger partial charge is 0.619 e. The number of hydrogen-bond acceptors (Lipinski definition) is 3. The molecule has 1 aromatic heterocycles. The van der Waals surface area contributed by atoms with Gasteiger partial charge >= 0.3 is 0 Å². The van der Waals surface area contributed by atoms with E-state index in [-0.39, 0.29) is 0 Å². The van der Waals surface area contributed by atoms with E-state index in [4.69, 9.17) is 11.5 Å². The van der Waals surface area contributed by atoms with Crippen LogP contribution in [0.15, 0.2) is 30.6 Å². The number of nitrogens with zero attached hydrogens (tertiary/aromatic N) is 1. The van der Waals surface area contributed by atoms with Crippen molar-refractivity contribution in [1.29, 1.82) is 0 Å². The van der Waals surface area contributed by atoms with Crippen LogP contribution in [-0.4, -0.2) is 0 Å². The van der Waals surface area contributed by atoms with Crippen LogP contribution in [0.1, 0.15) is 0 Å². The fourth-order valence-corrected chi connectivity index (χ4v) is 1.26. The number of nitrogens with two attached hydrogens (primary N) is 2. The number of aromatic nitrogens is 1. The zero-order valence-electron chi connectivity index (χ0n) is 6.90. The van der Waals surface area contributed by atoms with Gasteiger partial charge in [0.15, 0.2) is 12.4 Å². The zero-order chi connectivity index (χ0) is 9.42. The molecule has 2 rings (SSSR count). The van der Waals surface area contributed by atoms with Gasteiger partial charge in [-0.25, -0.2) is 0 Å². The summed E-state index contributed by atoms with van der Waals surface area (Å²) in [5.41, 5.74) is 12.3. The first-order valence-electron chi connectivity index (χ1n) is 3.84. The first kappa shape index (κ1) is 7.67. The Morgan fingerprint density at radius 3 is 2.38 bits per heavy atom. The molecule has 0 aliphatic carbocycles. The molecule has 4 nitrogen and oxygen atoms in total. The summed E-state index contributed by atoms with van der Waals surface area (Å²) in [6.07, 6.45) is 2.89. The Morgan fingerprint density at radius 2 is 1.69 bits per heavy atom. The van der Waals surface area contributed by atoms with Crippen LogP contribution in [0.2, 0.25) is 0 Å².